The van der Waals surface area contributed by atoms with Crippen molar-refractivity contribution >= 4 is 11.7 Å². The molecule has 17 heavy (non-hydrogen) atoms. The number of carboxylic acid groups (broad SMARTS) is 1. The van der Waals surface area contributed by atoms with Crippen molar-refractivity contribution in [2.24, 2.45) is 0 Å². The monoisotopic (exact) mass is 235 g/mol. The van der Waals surface area contributed by atoms with Crippen LogP contribution in [0.15, 0.2) is 18.2 Å². The van der Waals surface area contributed by atoms with Gasteiger partial charge in [0, 0.05) is 18.3 Å². The third kappa shape index (κ3) is 3.77. The van der Waals surface area contributed by atoms with Crippen molar-refractivity contribution in [1.29, 1.82) is 0 Å². The van der Waals surface area contributed by atoms with Crippen LogP contribution in [0.2, 0.25) is 0 Å². The smallest absolute Gasteiger partial charge is 0.305 e. The fourth-order valence-electron chi connectivity index (χ4n) is 2.00. The summed E-state index contributed by atoms with van der Waals surface area (Å²) in [7, 11) is 0. The van der Waals surface area contributed by atoms with E-state index in [0.29, 0.717) is 12.6 Å². The lowest BCUT2D eigenvalue weighted by Crippen LogP contribution is -2.33. The van der Waals surface area contributed by atoms with Crippen LogP contribution < -0.4 is 4.90 Å². The van der Waals surface area contributed by atoms with Gasteiger partial charge in [-0.3, -0.25) is 4.79 Å². The molecule has 3 nitrogen and oxygen atoms in total. The Labute approximate surface area is 103 Å². The van der Waals surface area contributed by atoms with Crippen LogP contribution in [0, 0.1) is 13.8 Å². The van der Waals surface area contributed by atoms with Crippen molar-refractivity contribution in [3.8, 4) is 0 Å². The number of aliphatic carboxylic acids is 1. The molecule has 0 saturated heterocycles. The van der Waals surface area contributed by atoms with Crippen molar-refractivity contribution in [3.05, 3.63) is 29.3 Å². The van der Waals surface area contributed by atoms with Gasteiger partial charge in [-0.05, 0) is 39.3 Å². The first-order chi connectivity index (χ1) is 7.91. The van der Waals surface area contributed by atoms with Gasteiger partial charge in [0.15, 0.2) is 0 Å². The van der Waals surface area contributed by atoms with Gasteiger partial charge >= 0.3 is 5.97 Å². The van der Waals surface area contributed by atoms with E-state index in [4.69, 9.17) is 5.11 Å². The first-order valence-electron chi connectivity index (χ1n) is 5.97. The average molecular weight is 235 g/mol. The summed E-state index contributed by atoms with van der Waals surface area (Å²) in [5, 5.41) is 8.78. The van der Waals surface area contributed by atoms with E-state index >= 15 is 0 Å². The van der Waals surface area contributed by atoms with Crippen LogP contribution in [-0.2, 0) is 4.79 Å². The van der Waals surface area contributed by atoms with Crippen LogP contribution in [0.3, 0.4) is 0 Å². The molecular formula is C14H21NO2. The maximum Gasteiger partial charge on any atom is 0.305 e. The Bertz CT molecular complexity index is 399. The molecule has 0 fully saturated rings. The molecule has 94 valence electrons. The van der Waals surface area contributed by atoms with Crippen LogP contribution in [0.1, 0.15) is 31.4 Å². The molecular weight excluding hydrogens is 214 g/mol. The zero-order valence-corrected chi connectivity index (χ0v) is 11.0. The summed E-state index contributed by atoms with van der Waals surface area (Å²) in [4.78, 5) is 12.8. The molecule has 0 bridgehead atoms. The number of anilines is 1. The van der Waals surface area contributed by atoms with E-state index in [-0.39, 0.29) is 6.42 Å². The molecule has 3 heteroatoms. The third-order valence-corrected chi connectivity index (χ3v) is 2.85. The normalized spacial score (nSPS) is 10.6. The van der Waals surface area contributed by atoms with Gasteiger partial charge in [0.2, 0.25) is 0 Å². The summed E-state index contributed by atoms with van der Waals surface area (Å²) in [5.41, 5.74) is 3.56. The van der Waals surface area contributed by atoms with Gasteiger partial charge in [0.1, 0.15) is 0 Å². The Morgan fingerprint density at radius 1 is 1.35 bits per heavy atom. The Morgan fingerprint density at radius 3 is 2.47 bits per heavy atom. The minimum Gasteiger partial charge on any atom is -0.481 e. The number of carboxylic acids is 1. The van der Waals surface area contributed by atoms with Crippen LogP contribution in [0.4, 0.5) is 5.69 Å². The van der Waals surface area contributed by atoms with Gasteiger partial charge in [0.05, 0.1) is 6.42 Å². The van der Waals surface area contributed by atoms with Crippen molar-refractivity contribution < 1.29 is 9.90 Å². The van der Waals surface area contributed by atoms with Gasteiger partial charge in [-0.1, -0.05) is 17.7 Å². The zero-order chi connectivity index (χ0) is 13.0. The maximum absolute atomic E-state index is 10.7. The number of carbonyl (C=O) groups is 1. The van der Waals surface area contributed by atoms with E-state index in [0.717, 1.165) is 5.69 Å². The fourth-order valence-corrected chi connectivity index (χ4v) is 2.00. The number of nitrogens with zero attached hydrogens (tertiary/aromatic N) is 1. The van der Waals surface area contributed by atoms with E-state index in [9.17, 15) is 4.79 Å². The summed E-state index contributed by atoms with van der Waals surface area (Å²) < 4.78 is 0. The lowest BCUT2D eigenvalue weighted by molar-refractivity contribution is -0.136. The summed E-state index contributed by atoms with van der Waals surface area (Å²) in [6, 6.07) is 6.58. The van der Waals surface area contributed by atoms with Crippen molar-refractivity contribution in [2.45, 2.75) is 40.2 Å². The molecule has 0 aliphatic carbocycles. The Kier molecular flexibility index (Phi) is 4.55. The molecule has 0 aliphatic rings. The van der Waals surface area contributed by atoms with Gasteiger partial charge in [-0.2, -0.15) is 0 Å². The standard InChI is InChI=1S/C14H21NO2/c1-10(2)15(8-7-14(16)17)13-6-5-11(3)9-12(13)4/h5-6,9-10H,7-8H2,1-4H3,(H,16,17). The van der Waals surface area contributed by atoms with Gasteiger partial charge < -0.3 is 10.0 Å². The highest BCUT2D eigenvalue weighted by Crippen LogP contribution is 2.23. The summed E-state index contributed by atoms with van der Waals surface area (Å²) >= 11 is 0. The van der Waals surface area contributed by atoms with Crippen molar-refractivity contribution in [3.63, 3.8) is 0 Å². The molecule has 1 N–H and O–H groups in total. The molecule has 0 radical (unpaired) electrons. The molecule has 1 rings (SSSR count). The fraction of sp³-hybridized carbons (Fsp3) is 0.500. The van der Waals surface area contributed by atoms with Crippen LogP contribution in [-0.4, -0.2) is 23.7 Å². The van der Waals surface area contributed by atoms with E-state index in [1.54, 1.807) is 0 Å². The van der Waals surface area contributed by atoms with Crippen LogP contribution in [0.25, 0.3) is 0 Å². The van der Waals surface area contributed by atoms with Crippen LogP contribution in [0.5, 0.6) is 0 Å². The van der Waals surface area contributed by atoms with Gasteiger partial charge in [-0.25, -0.2) is 0 Å². The minimum atomic E-state index is -0.750. The second-order valence-corrected chi connectivity index (χ2v) is 4.72. The molecule has 0 heterocycles. The van der Waals surface area contributed by atoms with Gasteiger partial charge in [-0.15, -0.1) is 0 Å². The summed E-state index contributed by atoms with van der Waals surface area (Å²) in [6.45, 7) is 8.85. The number of benzene rings is 1. The molecule has 0 amide bonds. The SMILES string of the molecule is Cc1ccc(N(CCC(=O)O)C(C)C)c(C)c1. The second-order valence-electron chi connectivity index (χ2n) is 4.72. The molecule has 0 spiro atoms. The quantitative estimate of drug-likeness (QED) is 0.853. The van der Waals surface area contributed by atoms with E-state index in [1.165, 1.54) is 11.1 Å². The lowest BCUT2D eigenvalue weighted by Gasteiger charge is -2.30. The molecule has 1 aromatic rings. The summed E-state index contributed by atoms with van der Waals surface area (Å²) in [6.07, 6.45) is 0.172. The maximum atomic E-state index is 10.7. The third-order valence-electron chi connectivity index (χ3n) is 2.85. The number of aryl methyl sites for hydroxylation is 2. The van der Waals surface area contributed by atoms with Gasteiger partial charge in [0.25, 0.3) is 0 Å². The van der Waals surface area contributed by atoms with Crippen LogP contribution >= 0.6 is 0 Å². The molecule has 0 unspecified atom stereocenters. The highest BCUT2D eigenvalue weighted by molar-refractivity contribution is 5.68. The molecule has 0 atom stereocenters. The zero-order valence-electron chi connectivity index (χ0n) is 11.0. The van der Waals surface area contributed by atoms with Crippen molar-refractivity contribution in [1.82, 2.24) is 0 Å². The Morgan fingerprint density at radius 2 is 2.00 bits per heavy atom. The van der Waals surface area contributed by atoms with Crippen molar-refractivity contribution in [2.75, 3.05) is 11.4 Å². The molecule has 1 aromatic carbocycles. The van der Waals surface area contributed by atoms with E-state index < -0.39 is 5.97 Å². The Hall–Kier alpha value is -1.51. The average Bonchev–Trinajstić information content (AvgIpc) is 2.20. The number of hydrogen-bond donors (Lipinski definition) is 1. The Balaban J connectivity index is 2.93. The van der Waals surface area contributed by atoms with E-state index in [2.05, 4.69) is 50.8 Å². The number of hydrogen-bond acceptors (Lipinski definition) is 2. The first-order valence-corrected chi connectivity index (χ1v) is 5.97. The molecule has 0 saturated carbocycles. The first kappa shape index (κ1) is 13.6. The second kappa shape index (κ2) is 5.71. The predicted molar refractivity (Wildman–Crippen MR) is 70.7 cm³/mol. The largest absolute Gasteiger partial charge is 0.481 e. The molecule has 0 aromatic heterocycles. The minimum absolute atomic E-state index is 0.172. The predicted octanol–water partition coefficient (Wildman–Crippen LogP) is 2.99. The number of rotatable bonds is 5. The highest BCUT2D eigenvalue weighted by Gasteiger charge is 2.13. The lowest BCUT2D eigenvalue weighted by atomic mass is 10.1. The highest BCUT2D eigenvalue weighted by atomic mass is 16.4. The summed E-state index contributed by atoms with van der Waals surface area (Å²) in [5.74, 6) is -0.750. The van der Waals surface area contributed by atoms with E-state index in [1.807, 2.05) is 0 Å². The molecule has 0 aliphatic heterocycles. The topological polar surface area (TPSA) is 40.5 Å².